The number of nitrogen functional groups attached to an aromatic ring is 1. The first-order chi connectivity index (χ1) is 5.74. The number of hydrogen-bond acceptors (Lipinski definition) is 2. The summed E-state index contributed by atoms with van der Waals surface area (Å²) in [5.41, 5.74) is 7.49. The van der Waals surface area contributed by atoms with E-state index in [2.05, 4.69) is 0 Å². The molecular formula is C9H12FNS. The van der Waals surface area contributed by atoms with Crippen molar-refractivity contribution < 1.29 is 4.39 Å². The Morgan fingerprint density at radius 3 is 2.92 bits per heavy atom. The Morgan fingerprint density at radius 2 is 2.25 bits per heavy atom. The SMILES string of the molecule is Cc1ccc(N)cc1SCCF. The van der Waals surface area contributed by atoms with Crippen molar-refractivity contribution >= 4 is 17.4 Å². The average Bonchev–Trinajstić information content (AvgIpc) is 2.07. The van der Waals surface area contributed by atoms with Crippen LogP contribution < -0.4 is 5.73 Å². The topological polar surface area (TPSA) is 26.0 Å². The van der Waals surface area contributed by atoms with Gasteiger partial charge in [-0.25, -0.2) is 0 Å². The van der Waals surface area contributed by atoms with E-state index in [4.69, 9.17) is 5.73 Å². The summed E-state index contributed by atoms with van der Waals surface area (Å²) in [5.74, 6) is 0.504. The van der Waals surface area contributed by atoms with E-state index in [1.807, 2.05) is 25.1 Å². The molecule has 3 heteroatoms. The van der Waals surface area contributed by atoms with Gasteiger partial charge in [-0.1, -0.05) is 6.07 Å². The van der Waals surface area contributed by atoms with Crippen LogP contribution in [-0.4, -0.2) is 12.4 Å². The highest BCUT2D eigenvalue weighted by Crippen LogP contribution is 2.24. The Bertz CT molecular complexity index is 263. The van der Waals surface area contributed by atoms with Gasteiger partial charge in [0.1, 0.15) is 0 Å². The summed E-state index contributed by atoms with van der Waals surface area (Å²) in [5, 5.41) is 0. The van der Waals surface area contributed by atoms with Crippen molar-refractivity contribution in [3.8, 4) is 0 Å². The number of thioether (sulfide) groups is 1. The number of benzene rings is 1. The molecule has 0 aliphatic heterocycles. The van der Waals surface area contributed by atoms with Gasteiger partial charge in [0.2, 0.25) is 0 Å². The summed E-state index contributed by atoms with van der Waals surface area (Å²) < 4.78 is 11.9. The first kappa shape index (κ1) is 9.39. The molecule has 2 N–H and O–H groups in total. The lowest BCUT2D eigenvalue weighted by Gasteiger charge is -2.04. The molecular weight excluding hydrogens is 173 g/mol. The maximum Gasteiger partial charge on any atom is 0.0988 e. The van der Waals surface area contributed by atoms with Gasteiger partial charge in [-0.05, 0) is 24.6 Å². The van der Waals surface area contributed by atoms with Crippen molar-refractivity contribution in [1.29, 1.82) is 0 Å². The minimum absolute atomic E-state index is 0.293. The zero-order valence-corrected chi connectivity index (χ0v) is 7.83. The third-order valence-electron chi connectivity index (χ3n) is 1.55. The summed E-state index contributed by atoms with van der Waals surface area (Å²) in [4.78, 5) is 1.08. The van der Waals surface area contributed by atoms with Crippen molar-refractivity contribution in [2.75, 3.05) is 18.2 Å². The zero-order valence-electron chi connectivity index (χ0n) is 7.01. The smallest absolute Gasteiger partial charge is 0.0988 e. The second kappa shape index (κ2) is 4.36. The molecule has 0 aliphatic rings. The minimum Gasteiger partial charge on any atom is -0.399 e. The summed E-state index contributed by atoms with van der Waals surface area (Å²) >= 11 is 1.51. The quantitative estimate of drug-likeness (QED) is 0.578. The molecule has 0 unspecified atom stereocenters. The molecule has 0 spiro atoms. The molecule has 0 atom stereocenters. The molecule has 1 nitrogen and oxygen atoms in total. The van der Waals surface area contributed by atoms with E-state index < -0.39 is 0 Å². The molecule has 1 aromatic carbocycles. The standard InChI is InChI=1S/C9H12FNS/c1-7-2-3-8(11)6-9(7)12-5-4-10/h2-3,6H,4-5,11H2,1H3. The van der Waals surface area contributed by atoms with Crippen molar-refractivity contribution in [1.82, 2.24) is 0 Å². The van der Waals surface area contributed by atoms with Crippen LogP contribution in [0.25, 0.3) is 0 Å². The fraction of sp³-hybridized carbons (Fsp3) is 0.333. The predicted molar refractivity (Wildman–Crippen MR) is 52.3 cm³/mol. The van der Waals surface area contributed by atoms with Crippen molar-refractivity contribution in [2.24, 2.45) is 0 Å². The minimum atomic E-state index is -0.293. The highest BCUT2D eigenvalue weighted by atomic mass is 32.2. The van der Waals surface area contributed by atoms with Gasteiger partial charge in [-0.2, -0.15) is 0 Å². The molecule has 1 rings (SSSR count). The number of nitrogens with two attached hydrogens (primary N) is 1. The van der Waals surface area contributed by atoms with Crippen molar-refractivity contribution in [3.63, 3.8) is 0 Å². The molecule has 0 radical (unpaired) electrons. The number of alkyl halides is 1. The number of aryl methyl sites for hydroxylation is 1. The monoisotopic (exact) mass is 185 g/mol. The molecule has 0 fully saturated rings. The van der Waals surface area contributed by atoms with E-state index in [1.165, 1.54) is 11.8 Å². The van der Waals surface area contributed by atoms with Crippen LogP contribution >= 0.6 is 11.8 Å². The Balaban J connectivity index is 2.75. The third kappa shape index (κ3) is 2.41. The Hall–Kier alpha value is -0.700. The predicted octanol–water partition coefficient (Wildman–Crippen LogP) is 2.64. The van der Waals surface area contributed by atoms with E-state index in [1.54, 1.807) is 0 Å². The van der Waals surface area contributed by atoms with Gasteiger partial charge in [0.05, 0.1) is 6.67 Å². The van der Waals surface area contributed by atoms with Crippen LogP contribution in [0.15, 0.2) is 23.1 Å². The fourth-order valence-corrected chi connectivity index (χ4v) is 1.73. The Kier molecular flexibility index (Phi) is 3.41. The number of anilines is 1. The largest absolute Gasteiger partial charge is 0.399 e. The molecule has 0 saturated heterocycles. The number of rotatable bonds is 3. The number of hydrogen-bond donors (Lipinski definition) is 1. The number of halogens is 1. The molecule has 0 aliphatic carbocycles. The van der Waals surface area contributed by atoms with Gasteiger partial charge < -0.3 is 5.73 Å². The van der Waals surface area contributed by atoms with Gasteiger partial charge >= 0.3 is 0 Å². The summed E-state index contributed by atoms with van der Waals surface area (Å²) in [7, 11) is 0. The zero-order chi connectivity index (χ0) is 8.97. The summed E-state index contributed by atoms with van der Waals surface area (Å²) in [6, 6.07) is 5.69. The van der Waals surface area contributed by atoms with E-state index in [0.717, 1.165) is 16.1 Å². The average molecular weight is 185 g/mol. The third-order valence-corrected chi connectivity index (χ3v) is 2.66. The van der Waals surface area contributed by atoms with Crippen LogP contribution in [0.5, 0.6) is 0 Å². The van der Waals surface area contributed by atoms with Crippen molar-refractivity contribution in [2.45, 2.75) is 11.8 Å². The van der Waals surface area contributed by atoms with Crippen LogP contribution in [0, 0.1) is 6.92 Å². The summed E-state index contributed by atoms with van der Waals surface area (Å²) in [6.07, 6.45) is 0. The molecule has 12 heavy (non-hydrogen) atoms. The first-order valence-electron chi connectivity index (χ1n) is 3.79. The van der Waals surface area contributed by atoms with E-state index >= 15 is 0 Å². The Morgan fingerprint density at radius 1 is 1.50 bits per heavy atom. The van der Waals surface area contributed by atoms with Crippen molar-refractivity contribution in [3.05, 3.63) is 23.8 Å². The maximum absolute atomic E-state index is 11.9. The highest BCUT2D eigenvalue weighted by Gasteiger charge is 1.98. The molecule has 0 heterocycles. The lowest BCUT2D eigenvalue weighted by molar-refractivity contribution is 0.533. The van der Waals surface area contributed by atoms with Gasteiger partial charge in [0, 0.05) is 16.3 Å². The van der Waals surface area contributed by atoms with Crippen LogP contribution in [0.1, 0.15) is 5.56 Å². The van der Waals surface area contributed by atoms with Gasteiger partial charge in [0.25, 0.3) is 0 Å². The molecule has 0 bridgehead atoms. The van der Waals surface area contributed by atoms with E-state index in [0.29, 0.717) is 5.75 Å². The van der Waals surface area contributed by atoms with E-state index in [9.17, 15) is 4.39 Å². The Labute approximate surface area is 76.2 Å². The maximum atomic E-state index is 11.9. The van der Waals surface area contributed by atoms with Crippen LogP contribution in [-0.2, 0) is 0 Å². The molecule has 0 saturated carbocycles. The second-order valence-corrected chi connectivity index (χ2v) is 3.70. The second-order valence-electron chi connectivity index (χ2n) is 2.56. The van der Waals surface area contributed by atoms with Crippen LogP contribution in [0.2, 0.25) is 0 Å². The highest BCUT2D eigenvalue weighted by molar-refractivity contribution is 7.99. The van der Waals surface area contributed by atoms with Gasteiger partial charge in [0.15, 0.2) is 0 Å². The lowest BCUT2D eigenvalue weighted by atomic mass is 10.2. The van der Waals surface area contributed by atoms with Crippen LogP contribution in [0.4, 0.5) is 10.1 Å². The molecule has 1 aromatic rings. The fourth-order valence-electron chi connectivity index (χ4n) is 0.921. The summed E-state index contributed by atoms with van der Waals surface area (Å²) in [6.45, 7) is 1.71. The first-order valence-corrected chi connectivity index (χ1v) is 4.77. The van der Waals surface area contributed by atoms with Crippen LogP contribution in [0.3, 0.4) is 0 Å². The normalized spacial score (nSPS) is 10.2. The molecule has 66 valence electrons. The van der Waals surface area contributed by atoms with Gasteiger partial charge in [-0.3, -0.25) is 4.39 Å². The molecule has 0 amide bonds. The lowest BCUT2D eigenvalue weighted by Crippen LogP contribution is -1.88. The molecule has 0 aromatic heterocycles. The van der Waals surface area contributed by atoms with E-state index in [-0.39, 0.29) is 6.67 Å². The van der Waals surface area contributed by atoms with Gasteiger partial charge in [-0.15, -0.1) is 11.8 Å².